The summed E-state index contributed by atoms with van der Waals surface area (Å²) in [6.45, 7) is 0.703. The molecule has 1 aliphatic rings. The van der Waals surface area contributed by atoms with Gasteiger partial charge in [-0.1, -0.05) is 24.4 Å². The Hall–Kier alpha value is -1.26. The summed E-state index contributed by atoms with van der Waals surface area (Å²) in [6.07, 6.45) is 4.57. The molecule has 0 unspecified atom stereocenters. The van der Waals surface area contributed by atoms with Crippen molar-refractivity contribution in [1.29, 1.82) is 0 Å². The fraction of sp³-hybridized carbons (Fsp3) is 0.533. The molecule has 2 N–H and O–H groups in total. The van der Waals surface area contributed by atoms with Crippen LogP contribution in [0.2, 0.25) is 5.02 Å². The van der Waals surface area contributed by atoms with Crippen molar-refractivity contribution in [3.05, 3.63) is 28.8 Å². The minimum absolute atomic E-state index is 0.0504. The molecular weight excluding hydrogens is 276 g/mol. The van der Waals surface area contributed by atoms with E-state index in [2.05, 4.69) is 10.6 Å². The number of carbonyl (C=O) groups excluding carboxylic acids is 1. The molecule has 0 radical (unpaired) electrons. The lowest BCUT2D eigenvalue weighted by Gasteiger charge is -2.14. The van der Waals surface area contributed by atoms with Gasteiger partial charge in [0.15, 0.2) is 6.61 Å². The summed E-state index contributed by atoms with van der Waals surface area (Å²) in [5, 5.41) is 6.73. The molecule has 4 nitrogen and oxygen atoms in total. The van der Waals surface area contributed by atoms with Gasteiger partial charge < -0.3 is 15.4 Å². The minimum atomic E-state index is -0.0535. The summed E-state index contributed by atoms with van der Waals surface area (Å²) >= 11 is 5.97. The summed E-state index contributed by atoms with van der Waals surface area (Å²) in [5.41, 5.74) is 0.952. The van der Waals surface area contributed by atoms with Gasteiger partial charge in [0.1, 0.15) is 5.75 Å². The van der Waals surface area contributed by atoms with E-state index in [1.54, 1.807) is 12.1 Å². The topological polar surface area (TPSA) is 50.4 Å². The predicted molar refractivity (Wildman–Crippen MR) is 80.1 cm³/mol. The second-order valence-corrected chi connectivity index (χ2v) is 5.56. The highest BCUT2D eigenvalue weighted by molar-refractivity contribution is 6.30. The molecule has 1 saturated carbocycles. The third kappa shape index (κ3) is 4.39. The highest BCUT2D eigenvalue weighted by Crippen LogP contribution is 2.23. The third-order valence-corrected chi connectivity index (χ3v) is 3.70. The number of benzene rings is 1. The first-order chi connectivity index (χ1) is 9.69. The van der Waals surface area contributed by atoms with E-state index in [1.165, 1.54) is 12.8 Å². The van der Waals surface area contributed by atoms with Gasteiger partial charge in [0, 0.05) is 23.2 Å². The number of carbonyl (C=O) groups is 1. The Bertz CT molecular complexity index is 459. The van der Waals surface area contributed by atoms with Gasteiger partial charge in [-0.05, 0) is 38.1 Å². The van der Waals surface area contributed by atoms with Gasteiger partial charge in [0.05, 0.1) is 0 Å². The maximum Gasteiger partial charge on any atom is 0.258 e. The number of ether oxygens (including phenoxy) is 1. The molecule has 0 atom stereocenters. The first-order valence-electron chi connectivity index (χ1n) is 7.04. The number of hydrogen-bond donors (Lipinski definition) is 2. The van der Waals surface area contributed by atoms with Gasteiger partial charge in [0.25, 0.3) is 5.91 Å². The zero-order chi connectivity index (χ0) is 14.4. The van der Waals surface area contributed by atoms with Crippen LogP contribution < -0.4 is 15.4 Å². The molecule has 1 aromatic rings. The standard InChI is InChI=1S/C15H21ClN2O2/c1-17-9-11-8-12(16)6-7-14(11)20-10-15(19)18-13-4-2-3-5-13/h6-8,13,17H,2-5,9-10H2,1H3,(H,18,19). The number of rotatable bonds is 6. The molecule has 0 spiro atoms. The van der Waals surface area contributed by atoms with Gasteiger partial charge >= 0.3 is 0 Å². The van der Waals surface area contributed by atoms with Crippen molar-refractivity contribution in [2.24, 2.45) is 0 Å². The molecule has 0 heterocycles. The lowest BCUT2D eigenvalue weighted by atomic mass is 10.2. The number of hydrogen-bond acceptors (Lipinski definition) is 3. The Morgan fingerprint density at radius 2 is 2.15 bits per heavy atom. The van der Waals surface area contributed by atoms with E-state index in [9.17, 15) is 4.79 Å². The van der Waals surface area contributed by atoms with Crippen LogP contribution in [0.4, 0.5) is 0 Å². The second kappa shape index (κ2) is 7.50. The van der Waals surface area contributed by atoms with Crippen LogP contribution in [0.1, 0.15) is 31.2 Å². The van der Waals surface area contributed by atoms with Crippen molar-refractivity contribution >= 4 is 17.5 Å². The predicted octanol–water partition coefficient (Wildman–Crippen LogP) is 2.50. The minimum Gasteiger partial charge on any atom is -0.483 e. The molecule has 0 bridgehead atoms. The van der Waals surface area contributed by atoms with Crippen molar-refractivity contribution in [2.45, 2.75) is 38.3 Å². The quantitative estimate of drug-likeness (QED) is 0.848. The number of halogens is 1. The monoisotopic (exact) mass is 296 g/mol. The molecule has 20 heavy (non-hydrogen) atoms. The molecule has 1 fully saturated rings. The van der Waals surface area contributed by atoms with Crippen LogP contribution in [0.25, 0.3) is 0 Å². The molecule has 2 rings (SSSR count). The summed E-state index contributed by atoms with van der Waals surface area (Å²) < 4.78 is 5.61. The average Bonchev–Trinajstić information content (AvgIpc) is 2.91. The smallest absolute Gasteiger partial charge is 0.258 e. The Labute approximate surface area is 124 Å². The van der Waals surface area contributed by atoms with Crippen LogP contribution in [0.15, 0.2) is 18.2 Å². The Morgan fingerprint density at radius 1 is 1.40 bits per heavy atom. The number of amides is 1. The van der Waals surface area contributed by atoms with E-state index in [1.807, 2.05) is 13.1 Å². The molecule has 0 saturated heterocycles. The molecule has 0 aliphatic heterocycles. The van der Waals surface area contributed by atoms with Gasteiger partial charge in [-0.3, -0.25) is 4.79 Å². The van der Waals surface area contributed by atoms with E-state index in [-0.39, 0.29) is 12.5 Å². The van der Waals surface area contributed by atoms with E-state index in [0.29, 0.717) is 23.4 Å². The second-order valence-electron chi connectivity index (χ2n) is 5.12. The van der Waals surface area contributed by atoms with Gasteiger partial charge in [-0.15, -0.1) is 0 Å². The summed E-state index contributed by atoms with van der Waals surface area (Å²) in [6, 6.07) is 5.75. The zero-order valence-electron chi connectivity index (χ0n) is 11.7. The Balaban J connectivity index is 1.87. The van der Waals surface area contributed by atoms with Crippen LogP contribution in [-0.2, 0) is 11.3 Å². The first kappa shape index (κ1) is 15.1. The largest absolute Gasteiger partial charge is 0.483 e. The van der Waals surface area contributed by atoms with Crippen LogP contribution in [-0.4, -0.2) is 25.6 Å². The van der Waals surface area contributed by atoms with Gasteiger partial charge in [0.2, 0.25) is 0 Å². The lowest BCUT2D eigenvalue weighted by Crippen LogP contribution is -2.36. The number of nitrogens with one attached hydrogen (secondary N) is 2. The molecule has 1 amide bonds. The highest BCUT2D eigenvalue weighted by Gasteiger charge is 2.17. The molecule has 1 aliphatic carbocycles. The Kier molecular flexibility index (Phi) is 5.68. The van der Waals surface area contributed by atoms with Crippen LogP contribution >= 0.6 is 11.6 Å². The molecule has 5 heteroatoms. The molecule has 110 valence electrons. The fourth-order valence-electron chi connectivity index (χ4n) is 2.50. The van der Waals surface area contributed by atoms with Crippen LogP contribution in [0.5, 0.6) is 5.75 Å². The highest BCUT2D eigenvalue weighted by atomic mass is 35.5. The van der Waals surface area contributed by atoms with Gasteiger partial charge in [-0.2, -0.15) is 0 Å². The van der Waals surface area contributed by atoms with Crippen molar-refractivity contribution < 1.29 is 9.53 Å². The van der Waals surface area contributed by atoms with Crippen LogP contribution in [0, 0.1) is 0 Å². The fourth-order valence-corrected chi connectivity index (χ4v) is 2.69. The molecule has 0 aromatic heterocycles. The van der Waals surface area contributed by atoms with E-state index >= 15 is 0 Å². The van der Waals surface area contributed by atoms with Gasteiger partial charge in [-0.25, -0.2) is 0 Å². The normalized spacial score (nSPS) is 15.3. The Morgan fingerprint density at radius 3 is 2.85 bits per heavy atom. The van der Waals surface area contributed by atoms with E-state index in [0.717, 1.165) is 18.4 Å². The zero-order valence-corrected chi connectivity index (χ0v) is 12.5. The first-order valence-corrected chi connectivity index (χ1v) is 7.42. The SMILES string of the molecule is CNCc1cc(Cl)ccc1OCC(=O)NC1CCCC1. The maximum atomic E-state index is 11.8. The lowest BCUT2D eigenvalue weighted by molar-refractivity contribution is -0.123. The average molecular weight is 297 g/mol. The van der Waals surface area contributed by atoms with Crippen LogP contribution in [0.3, 0.4) is 0 Å². The molecule has 1 aromatic carbocycles. The van der Waals surface area contributed by atoms with Crippen molar-refractivity contribution in [2.75, 3.05) is 13.7 Å². The summed E-state index contributed by atoms with van der Waals surface area (Å²) in [5.74, 6) is 0.646. The van der Waals surface area contributed by atoms with Crippen molar-refractivity contribution in [1.82, 2.24) is 10.6 Å². The van der Waals surface area contributed by atoms with E-state index in [4.69, 9.17) is 16.3 Å². The maximum absolute atomic E-state index is 11.8. The van der Waals surface area contributed by atoms with Crippen molar-refractivity contribution in [3.8, 4) is 5.75 Å². The molecular formula is C15H21ClN2O2. The summed E-state index contributed by atoms with van der Waals surface area (Å²) in [4.78, 5) is 11.8. The van der Waals surface area contributed by atoms with Crippen molar-refractivity contribution in [3.63, 3.8) is 0 Å². The third-order valence-electron chi connectivity index (χ3n) is 3.47. The van der Waals surface area contributed by atoms with E-state index < -0.39 is 0 Å². The summed E-state index contributed by atoms with van der Waals surface area (Å²) in [7, 11) is 1.86.